The number of fused-ring (bicyclic) bond motifs is 1. The Morgan fingerprint density at radius 1 is 0.882 bits per heavy atom. The van der Waals surface area contributed by atoms with E-state index < -0.39 is 0 Å². The number of carbonyl (C=O) groups is 1. The van der Waals surface area contributed by atoms with E-state index in [4.69, 9.17) is 14.2 Å². The number of Topliss-reactive ketones (excluding diaryl/α,β-unsaturated/α-hetero) is 1. The lowest BCUT2D eigenvalue weighted by Crippen LogP contribution is -2.48. The van der Waals surface area contributed by atoms with Crippen LogP contribution in [0.15, 0.2) is 48.5 Å². The number of rotatable bonds is 6. The Morgan fingerprint density at radius 2 is 1.56 bits per heavy atom. The molecule has 5 rings (SSSR count). The van der Waals surface area contributed by atoms with E-state index in [9.17, 15) is 4.79 Å². The predicted molar refractivity (Wildman–Crippen MR) is 132 cm³/mol. The summed E-state index contributed by atoms with van der Waals surface area (Å²) in [5, 5.41) is 0. The quantitative estimate of drug-likeness (QED) is 0.520. The molecule has 0 atom stereocenters. The maximum atomic E-state index is 13.3. The molecular formula is C27H31N3O4. The summed E-state index contributed by atoms with van der Waals surface area (Å²) in [6.07, 6.45) is 0. The summed E-state index contributed by atoms with van der Waals surface area (Å²) in [6.45, 7) is 9.12. The topological polar surface area (TPSA) is 56.2 Å². The van der Waals surface area contributed by atoms with Gasteiger partial charge in [-0.2, -0.15) is 0 Å². The molecule has 2 aromatic carbocycles. The van der Waals surface area contributed by atoms with Crippen LogP contribution in [0.4, 0.5) is 5.69 Å². The van der Waals surface area contributed by atoms with Crippen LogP contribution in [0.3, 0.4) is 0 Å². The van der Waals surface area contributed by atoms with Crippen LogP contribution in [0.5, 0.6) is 17.2 Å². The monoisotopic (exact) mass is 461 g/mol. The second-order valence-electron chi connectivity index (χ2n) is 8.83. The van der Waals surface area contributed by atoms with Crippen molar-refractivity contribution in [1.29, 1.82) is 0 Å². The minimum Gasteiger partial charge on any atom is -0.497 e. The predicted octanol–water partition coefficient (Wildman–Crippen LogP) is 3.88. The van der Waals surface area contributed by atoms with E-state index >= 15 is 0 Å². The molecule has 0 unspecified atom stereocenters. The van der Waals surface area contributed by atoms with Gasteiger partial charge in [-0.05, 0) is 56.3 Å². The molecule has 0 aliphatic carbocycles. The Labute approximate surface area is 200 Å². The van der Waals surface area contributed by atoms with Gasteiger partial charge in [-0.25, -0.2) is 0 Å². The number of hydrogen-bond donors (Lipinski definition) is 0. The Kier molecular flexibility index (Phi) is 6.20. The van der Waals surface area contributed by atoms with E-state index in [1.165, 1.54) is 5.69 Å². The standard InChI is InChI=1S/C27H31N3O4/c1-19-16-24(20(2)30(19)22-6-9-26-27(17-22)34-15-14-33-26)25(31)18-28-10-12-29(13-11-28)21-4-7-23(32-3)8-5-21/h4-9,16-17H,10-15,18H2,1-3H3. The zero-order chi connectivity index (χ0) is 23.7. The number of aromatic nitrogens is 1. The number of anilines is 1. The van der Waals surface area contributed by atoms with Crippen LogP contribution in [0.25, 0.3) is 5.69 Å². The molecule has 0 amide bonds. The average Bonchev–Trinajstić information content (AvgIpc) is 3.18. The molecule has 178 valence electrons. The summed E-state index contributed by atoms with van der Waals surface area (Å²) in [5.41, 5.74) is 4.93. The van der Waals surface area contributed by atoms with E-state index in [-0.39, 0.29) is 5.78 Å². The number of piperazine rings is 1. The zero-order valence-corrected chi connectivity index (χ0v) is 20.0. The summed E-state index contributed by atoms with van der Waals surface area (Å²) < 4.78 is 18.8. The molecule has 34 heavy (non-hydrogen) atoms. The maximum absolute atomic E-state index is 13.3. The van der Waals surface area contributed by atoms with Crippen molar-refractivity contribution in [3.63, 3.8) is 0 Å². The van der Waals surface area contributed by atoms with E-state index in [1.54, 1.807) is 7.11 Å². The van der Waals surface area contributed by atoms with Crippen molar-refractivity contribution >= 4 is 11.5 Å². The lowest BCUT2D eigenvalue weighted by Gasteiger charge is -2.35. The fourth-order valence-corrected chi connectivity index (χ4v) is 4.86. The van der Waals surface area contributed by atoms with Crippen LogP contribution in [0.1, 0.15) is 21.7 Å². The number of ether oxygens (including phenoxy) is 3. The number of nitrogens with zero attached hydrogens (tertiary/aromatic N) is 3. The first-order valence-electron chi connectivity index (χ1n) is 11.8. The third kappa shape index (κ3) is 4.35. The van der Waals surface area contributed by atoms with E-state index in [2.05, 4.69) is 26.5 Å². The third-order valence-electron chi connectivity index (χ3n) is 6.69. The van der Waals surface area contributed by atoms with Crippen molar-refractivity contribution in [3.05, 3.63) is 65.5 Å². The van der Waals surface area contributed by atoms with Gasteiger partial charge in [0.25, 0.3) is 0 Å². The second kappa shape index (κ2) is 9.43. The molecule has 0 bridgehead atoms. The maximum Gasteiger partial charge on any atom is 0.178 e. The fourth-order valence-electron chi connectivity index (χ4n) is 4.86. The van der Waals surface area contributed by atoms with Crippen molar-refractivity contribution in [2.45, 2.75) is 13.8 Å². The normalized spacial score (nSPS) is 15.9. The third-order valence-corrected chi connectivity index (χ3v) is 6.69. The highest BCUT2D eigenvalue weighted by atomic mass is 16.6. The van der Waals surface area contributed by atoms with Crippen LogP contribution in [-0.2, 0) is 0 Å². The number of methoxy groups -OCH3 is 1. The Bertz CT molecular complexity index is 1180. The SMILES string of the molecule is COc1ccc(N2CCN(CC(=O)c3cc(C)n(-c4ccc5c(c4)OCCO5)c3C)CC2)cc1. The van der Waals surface area contributed by atoms with Crippen LogP contribution < -0.4 is 19.1 Å². The Hall–Kier alpha value is -3.45. The van der Waals surface area contributed by atoms with Crippen LogP contribution >= 0.6 is 0 Å². The zero-order valence-electron chi connectivity index (χ0n) is 20.0. The van der Waals surface area contributed by atoms with Gasteiger partial charge in [0.15, 0.2) is 17.3 Å². The minimum absolute atomic E-state index is 0.162. The smallest absolute Gasteiger partial charge is 0.178 e. The average molecular weight is 462 g/mol. The molecule has 0 spiro atoms. The first kappa shape index (κ1) is 22.3. The van der Waals surface area contributed by atoms with Gasteiger partial charge < -0.3 is 23.7 Å². The molecule has 7 nitrogen and oxygen atoms in total. The Balaban J connectivity index is 1.25. The number of aryl methyl sites for hydroxylation is 1. The van der Waals surface area contributed by atoms with Gasteiger partial charge in [-0.3, -0.25) is 9.69 Å². The summed E-state index contributed by atoms with van der Waals surface area (Å²) in [6, 6.07) is 16.1. The molecule has 3 heterocycles. The molecule has 3 aromatic rings. The van der Waals surface area contributed by atoms with Gasteiger partial charge in [-0.1, -0.05) is 0 Å². The van der Waals surface area contributed by atoms with E-state index in [0.717, 1.165) is 66.1 Å². The van der Waals surface area contributed by atoms with Crippen molar-refractivity contribution in [2.24, 2.45) is 0 Å². The summed E-state index contributed by atoms with van der Waals surface area (Å²) >= 11 is 0. The first-order valence-corrected chi connectivity index (χ1v) is 11.8. The van der Waals surface area contributed by atoms with Crippen molar-refractivity contribution < 1.29 is 19.0 Å². The highest BCUT2D eigenvalue weighted by Gasteiger charge is 2.23. The second-order valence-corrected chi connectivity index (χ2v) is 8.83. The summed E-state index contributed by atoms with van der Waals surface area (Å²) in [7, 11) is 1.68. The molecule has 0 N–H and O–H groups in total. The summed E-state index contributed by atoms with van der Waals surface area (Å²) in [4.78, 5) is 17.9. The molecule has 0 saturated carbocycles. The first-order chi connectivity index (χ1) is 16.5. The minimum atomic E-state index is 0.162. The summed E-state index contributed by atoms with van der Waals surface area (Å²) in [5.74, 6) is 2.54. The van der Waals surface area contributed by atoms with Gasteiger partial charge in [0, 0.05) is 60.6 Å². The van der Waals surface area contributed by atoms with Crippen LogP contribution in [-0.4, -0.2) is 68.3 Å². The molecular weight excluding hydrogens is 430 g/mol. The molecule has 2 aliphatic heterocycles. The van der Waals surface area contributed by atoms with Crippen molar-refractivity contribution in [2.75, 3.05) is 57.9 Å². The van der Waals surface area contributed by atoms with Gasteiger partial charge in [-0.15, -0.1) is 0 Å². The lowest BCUT2D eigenvalue weighted by atomic mass is 10.1. The number of hydrogen-bond acceptors (Lipinski definition) is 6. The van der Waals surface area contributed by atoms with Gasteiger partial charge in [0.05, 0.1) is 13.7 Å². The molecule has 2 aliphatic rings. The van der Waals surface area contributed by atoms with Gasteiger partial charge >= 0.3 is 0 Å². The highest BCUT2D eigenvalue weighted by molar-refractivity contribution is 5.99. The van der Waals surface area contributed by atoms with E-state index in [0.29, 0.717) is 19.8 Å². The molecule has 1 saturated heterocycles. The Morgan fingerprint density at radius 3 is 2.26 bits per heavy atom. The van der Waals surface area contributed by atoms with Crippen LogP contribution in [0, 0.1) is 13.8 Å². The van der Waals surface area contributed by atoms with Gasteiger partial charge in [0.1, 0.15) is 19.0 Å². The van der Waals surface area contributed by atoms with Gasteiger partial charge in [0.2, 0.25) is 0 Å². The fraction of sp³-hybridized carbons (Fsp3) is 0.370. The molecule has 1 aromatic heterocycles. The molecule has 1 fully saturated rings. The van der Waals surface area contributed by atoms with E-state index in [1.807, 2.05) is 50.2 Å². The van der Waals surface area contributed by atoms with Crippen molar-refractivity contribution in [3.8, 4) is 22.9 Å². The lowest BCUT2D eigenvalue weighted by molar-refractivity contribution is 0.0926. The molecule has 7 heteroatoms. The number of ketones is 1. The van der Waals surface area contributed by atoms with Crippen LogP contribution in [0.2, 0.25) is 0 Å². The number of benzene rings is 2. The molecule has 0 radical (unpaired) electrons. The highest BCUT2D eigenvalue weighted by Crippen LogP contribution is 2.33. The number of carbonyl (C=O) groups excluding carboxylic acids is 1. The largest absolute Gasteiger partial charge is 0.497 e. The van der Waals surface area contributed by atoms with Crippen molar-refractivity contribution in [1.82, 2.24) is 9.47 Å².